The smallest absolute Gasteiger partial charge is 0.372 e. The molecule has 0 saturated carbocycles. The largest absolute Gasteiger partial charge is 0.416 e. The number of rotatable bonds is 5. The van der Waals surface area contributed by atoms with Crippen molar-refractivity contribution in [1.29, 1.82) is 0 Å². The third-order valence-electron chi connectivity index (χ3n) is 7.16. The highest BCUT2D eigenvalue weighted by Crippen LogP contribution is 2.58. The average molecular weight is 547 g/mol. The molecule has 2 heterocycles. The standard InChI is InChI=1S/C27H26BrF3N2O2/c1-26(10-11-35-23(15-26)22-14-24(28)32-33(22)16-34-2)25-20-9-4-3-6-18(20)13-21(25)17-7-5-8-19(12-17)27(29,30)31/h3-9,12-14,23,25H,10-11,15-16H2,1-2H3. The molecule has 0 spiro atoms. The van der Waals surface area contributed by atoms with E-state index < -0.39 is 11.7 Å². The van der Waals surface area contributed by atoms with E-state index in [1.807, 2.05) is 24.3 Å². The molecular formula is C27H26BrF3N2O2. The number of ether oxygens (including phenoxy) is 2. The molecule has 3 aromatic rings. The fourth-order valence-corrected chi connectivity index (χ4v) is 5.98. The van der Waals surface area contributed by atoms with E-state index in [9.17, 15) is 13.2 Å². The normalized spacial score (nSPS) is 24.3. The number of aromatic nitrogens is 2. The third kappa shape index (κ3) is 4.59. The number of methoxy groups -OCH3 is 1. The molecule has 1 fully saturated rings. The van der Waals surface area contributed by atoms with E-state index in [1.54, 1.807) is 17.9 Å². The van der Waals surface area contributed by atoms with Gasteiger partial charge in [-0.05, 0) is 74.6 Å². The highest BCUT2D eigenvalue weighted by atomic mass is 79.9. The van der Waals surface area contributed by atoms with Crippen LogP contribution >= 0.6 is 15.9 Å². The van der Waals surface area contributed by atoms with Gasteiger partial charge in [-0.3, -0.25) is 0 Å². The number of fused-ring (bicyclic) bond motifs is 1. The zero-order valence-electron chi connectivity index (χ0n) is 19.5. The summed E-state index contributed by atoms with van der Waals surface area (Å²) in [5.74, 6) is -0.0594. The number of halogens is 4. The third-order valence-corrected chi connectivity index (χ3v) is 7.54. The highest BCUT2D eigenvalue weighted by molar-refractivity contribution is 9.10. The summed E-state index contributed by atoms with van der Waals surface area (Å²) in [5.41, 5.74) is 3.78. The fourth-order valence-electron chi connectivity index (χ4n) is 5.55. The van der Waals surface area contributed by atoms with Crippen molar-refractivity contribution in [3.05, 3.63) is 87.1 Å². The predicted octanol–water partition coefficient (Wildman–Crippen LogP) is 7.46. The second kappa shape index (κ2) is 9.22. The van der Waals surface area contributed by atoms with Gasteiger partial charge in [-0.25, -0.2) is 4.68 Å². The molecule has 1 aliphatic heterocycles. The van der Waals surface area contributed by atoms with E-state index in [2.05, 4.69) is 40.1 Å². The highest BCUT2D eigenvalue weighted by Gasteiger charge is 2.46. The van der Waals surface area contributed by atoms with Gasteiger partial charge in [-0.2, -0.15) is 18.3 Å². The first kappa shape index (κ1) is 24.3. The summed E-state index contributed by atoms with van der Waals surface area (Å²) in [6, 6.07) is 15.7. The van der Waals surface area contributed by atoms with Crippen molar-refractivity contribution in [3.63, 3.8) is 0 Å². The summed E-state index contributed by atoms with van der Waals surface area (Å²) < 4.78 is 54.6. The minimum absolute atomic E-state index is 0.0594. The van der Waals surface area contributed by atoms with Gasteiger partial charge >= 0.3 is 6.18 Å². The summed E-state index contributed by atoms with van der Waals surface area (Å²) in [6.45, 7) is 3.08. The van der Waals surface area contributed by atoms with E-state index in [0.717, 1.165) is 34.9 Å². The molecule has 0 radical (unpaired) electrons. The van der Waals surface area contributed by atoms with Crippen LogP contribution in [0.15, 0.2) is 59.2 Å². The molecule has 0 amide bonds. The summed E-state index contributed by atoms with van der Waals surface area (Å²) in [4.78, 5) is 0. The van der Waals surface area contributed by atoms with Crippen LogP contribution in [0.25, 0.3) is 11.6 Å². The van der Waals surface area contributed by atoms with Crippen LogP contribution in [-0.2, 0) is 22.4 Å². The number of nitrogens with zero attached hydrogens (tertiary/aromatic N) is 2. The van der Waals surface area contributed by atoms with Crippen LogP contribution in [0.3, 0.4) is 0 Å². The Hall–Kier alpha value is -2.42. The first-order valence-electron chi connectivity index (χ1n) is 11.5. The average Bonchev–Trinajstić information content (AvgIpc) is 3.40. The molecule has 0 N–H and O–H groups in total. The molecule has 2 aromatic carbocycles. The second-order valence-electron chi connectivity index (χ2n) is 9.52. The molecule has 3 unspecified atom stereocenters. The topological polar surface area (TPSA) is 36.3 Å². The monoisotopic (exact) mass is 546 g/mol. The lowest BCUT2D eigenvalue weighted by Crippen LogP contribution is -2.35. The minimum Gasteiger partial charge on any atom is -0.372 e. The number of allylic oxidation sites excluding steroid dienone is 1. The summed E-state index contributed by atoms with van der Waals surface area (Å²) in [5, 5.41) is 4.46. The molecule has 4 nitrogen and oxygen atoms in total. The van der Waals surface area contributed by atoms with Gasteiger partial charge in [0.1, 0.15) is 11.3 Å². The molecule has 1 aromatic heterocycles. The Labute approximate surface area is 210 Å². The van der Waals surface area contributed by atoms with Crippen molar-refractivity contribution >= 4 is 27.6 Å². The molecule has 3 atom stereocenters. The lowest BCUT2D eigenvalue weighted by Gasteiger charge is -2.44. The van der Waals surface area contributed by atoms with Crippen molar-refractivity contribution < 1.29 is 22.6 Å². The van der Waals surface area contributed by atoms with Crippen LogP contribution in [0.4, 0.5) is 13.2 Å². The van der Waals surface area contributed by atoms with Crippen LogP contribution in [0.5, 0.6) is 0 Å². The van der Waals surface area contributed by atoms with E-state index >= 15 is 0 Å². The Morgan fingerprint density at radius 2 is 1.97 bits per heavy atom. The van der Waals surface area contributed by atoms with Crippen molar-refractivity contribution in [2.24, 2.45) is 5.41 Å². The van der Waals surface area contributed by atoms with Gasteiger partial charge < -0.3 is 9.47 Å². The summed E-state index contributed by atoms with van der Waals surface area (Å²) >= 11 is 3.45. The van der Waals surface area contributed by atoms with Crippen LogP contribution < -0.4 is 0 Å². The second-order valence-corrected chi connectivity index (χ2v) is 10.3. The Balaban J connectivity index is 1.55. The Morgan fingerprint density at radius 3 is 2.74 bits per heavy atom. The first-order chi connectivity index (χ1) is 16.7. The Morgan fingerprint density at radius 1 is 1.17 bits per heavy atom. The minimum atomic E-state index is -4.39. The van der Waals surface area contributed by atoms with Crippen molar-refractivity contribution in [3.8, 4) is 0 Å². The van der Waals surface area contributed by atoms with E-state index in [-0.39, 0.29) is 17.4 Å². The van der Waals surface area contributed by atoms with Crippen LogP contribution in [0, 0.1) is 5.41 Å². The fraction of sp³-hybridized carbons (Fsp3) is 0.370. The molecule has 8 heteroatoms. The summed E-state index contributed by atoms with van der Waals surface area (Å²) in [7, 11) is 1.62. The van der Waals surface area contributed by atoms with Gasteiger partial charge in [0.15, 0.2) is 0 Å². The van der Waals surface area contributed by atoms with Gasteiger partial charge in [0.25, 0.3) is 0 Å². The van der Waals surface area contributed by atoms with E-state index in [1.165, 1.54) is 12.1 Å². The first-order valence-corrected chi connectivity index (χ1v) is 12.3. The maximum atomic E-state index is 13.5. The lowest BCUT2D eigenvalue weighted by molar-refractivity contribution is -0.137. The van der Waals surface area contributed by atoms with Gasteiger partial charge in [-0.15, -0.1) is 0 Å². The van der Waals surface area contributed by atoms with Gasteiger partial charge in [0.05, 0.1) is 17.4 Å². The summed E-state index contributed by atoms with van der Waals surface area (Å²) in [6.07, 6.45) is -1.06. The van der Waals surface area contributed by atoms with Crippen molar-refractivity contribution in [1.82, 2.24) is 9.78 Å². The quantitative estimate of drug-likeness (QED) is 0.333. The molecule has 0 bridgehead atoms. The Kier molecular flexibility index (Phi) is 6.40. The van der Waals surface area contributed by atoms with Crippen molar-refractivity contribution in [2.75, 3.05) is 13.7 Å². The molecule has 184 valence electrons. The molecule has 1 aliphatic carbocycles. The molecular weight excluding hydrogens is 521 g/mol. The molecule has 1 saturated heterocycles. The number of hydrogen-bond acceptors (Lipinski definition) is 3. The number of hydrogen-bond donors (Lipinski definition) is 0. The van der Waals surface area contributed by atoms with E-state index in [4.69, 9.17) is 9.47 Å². The van der Waals surface area contributed by atoms with Crippen LogP contribution in [0.1, 0.15) is 59.7 Å². The van der Waals surface area contributed by atoms with Crippen molar-refractivity contribution in [2.45, 2.75) is 44.7 Å². The zero-order chi connectivity index (χ0) is 24.8. The SMILES string of the molecule is COCn1nc(Br)cc1C1CC(C)(C2C(c3cccc(C(F)(F)F)c3)=Cc3ccccc32)CCO1. The maximum Gasteiger partial charge on any atom is 0.416 e. The van der Waals surface area contributed by atoms with Gasteiger partial charge in [0, 0.05) is 19.6 Å². The van der Waals surface area contributed by atoms with E-state index in [0.29, 0.717) is 29.9 Å². The van der Waals surface area contributed by atoms with Crippen LogP contribution in [-0.4, -0.2) is 23.5 Å². The molecule has 5 rings (SSSR count). The predicted molar refractivity (Wildman–Crippen MR) is 131 cm³/mol. The number of alkyl halides is 3. The number of benzene rings is 2. The molecule has 2 aliphatic rings. The van der Waals surface area contributed by atoms with Crippen LogP contribution in [0.2, 0.25) is 0 Å². The van der Waals surface area contributed by atoms with Gasteiger partial charge in [0.2, 0.25) is 0 Å². The lowest BCUT2D eigenvalue weighted by atomic mass is 9.64. The molecule has 35 heavy (non-hydrogen) atoms. The zero-order valence-corrected chi connectivity index (χ0v) is 21.1. The Bertz CT molecular complexity index is 1270. The maximum absolute atomic E-state index is 13.5. The van der Waals surface area contributed by atoms with Gasteiger partial charge in [-0.1, -0.05) is 49.4 Å².